The van der Waals surface area contributed by atoms with Gasteiger partial charge in [0.15, 0.2) is 24.0 Å². The lowest BCUT2D eigenvalue weighted by Gasteiger charge is -2.13. The predicted molar refractivity (Wildman–Crippen MR) is 88.3 cm³/mol. The highest BCUT2D eigenvalue weighted by atomic mass is 19.1. The van der Waals surface area contributed by atoms with Gasteiger partial charge in [0.05, 0.1) is 12.7 Å². The minimum atomic E-state index is -0.645. The van der Waals surface area contributed by atoms with Crippen molar-refractivity contribution in [2.45, 2.75) is 0 Å². The summed E-state index contributed by atoms with van der Waals surface area (Å²) in [4.78, 5) is 25.9. The molecule has 126 valence electrons. The highest BCUT2D eigenvalue weighted by Crippen LogP contribution is 2.18. The van der Waals surface area contributed by atoms with Crippen molar-refractivity contribution in [3.05, 3.63) is 59.4 Å². The molecule has 24 heavy (non-hydrogen) atoms. The van der Waals surface area contributed by atoms with Crippen LogP contribution in [-0.2, 0) is 4.74 Å². The van der Waals surface area contributed by atoms with Crippen molar-refractivity contribution in [1.29, 1.82) is 0 Å². The van der Waals surface area contributed by atoms with Gasteiger partial charge >= 0.3 is 5.97 Å². The largest absolute Gasteiger partial charge is 0.494 e. The van der Waals surface area contributed by atoms with E-state index in [-0.39, 0.29) is 11.3 Å². The van der Waals surface area contributed by atoms with Gasteiger partial charge in [0.2, 0.25) is 0 Å². The third kappa shape index (κ3) is 4.10. The van der Waals surface area contributed by atoms with Crippen LogP contribution in [0.1, 0.15) is 20.7 Å². The highest BCUT2D eigenvalue weighted by Gasteiger charge is 2.14. The summed E-state index contributed by atoms with van der Waals surface area (Å²) in [6.45, 7) is -0.462. The van der Waals surface area contributed by atoms with Crippen LogP contribution in [0.15, 0.2) is 42.5 Å². The van der Waals surface area contributed by atoms with Gasteiger partial charge in [-0.3, -0.25) is 4.79 Å². The molecule has 0 spiro atoms. The van der Waals surface area contributed by atoms with Gasteiger partial charge in [-0.25, -0.2) is 9.18 Å². The van der Waals surface area contributed by atoms with Crippen LogP contribution in [-0.4, -0.2) is 39.6 Å². The van der Waals surface area contributed by atoms with Crippen molar-refractivity contribution in [2.24, 2.45) is 0 Å². The van der Waals surface area contributed by atoms with Gasteiger partial charge in [-0.15, -0.1) is 0 Å². The van der Waals surface area contributed by atoms with Crippen LogP contribution in [0.4, 0.5) is 10.1 Å². The van der Waals surface area contributed by atoms with E-state index in [0.29, 0.717) is 5.56 Å². The van der Waals surface area contributed by atoms with Crippen LogP contribution in [0.3, 0.4) is 0 Å². The van der Waals surface area contributed by atoms with Crippen molar-refractivity contribution < 1.29 is 23.5 Å². The summed E-state index contributed by atoms with van der Waals surface area (Å²) in [6, 6.07) is 10.7. The zero-order valence-corrected chi connectivity index (χ0v) is 13.7. The third-order valence-electron chi connectivity index (χ3n) is 3.41. The molecule has 0 aromatic heterocycles. The smallest absolute Gasteiger partial charge is 0.338 e. The lowest BCUT2D eigenvalue weighted by atomic mass is 10.1. The molecule has 6 heteroatoms. The second kappa shape index (κ2) is 7.59. The first kappa shape index (κ1) is 17.5. The number of hydrogen-bond acceptors (Lipinski definition) is 5. The van der Waals surface area contributed by atoms with E-state index in [9.17, 15) is 14.0 Å². The normalized spacial score (nSPS) is 10.2. The number of nitrogens with zero attached hydrogens (tertiary/aromatic N) is 1. The van der Waals surface area contributed by atoms with Gasteiger partial charge in [-0.05, 0) is 36.4 Å². The summed E-state index contributed by atoms with van der Waals surface area (Å²) >= 11 is 0. The SMILES string of the molecule is COc1ccc(C(=O)COC(=O)c2cccc(N(C)C)c2)cc1F. The Morgan fingerprint density at radius 2 is 1.83 bits per heavy atom. The number of Topliss-reactive ketones (excluding diaryl/α,β-unsaturated/α-hetero) is 1. The average Bonchev–Trinajstić information content (AvgIpc) is 2.59. The second-order valence-corrected chi connectivity index (χ2v) is 5.29. The van der Waals surface area contributed by atoms with E-state index in [1.807, 2.05) is 25.1 Å². The Labute approximate surface area is 139 Å². The number of ether oxygens (including phenoxy) is 2. The van der Waals surface area contributed by atoms with E-state index in [0.717, 1.165) is 11.8 Å². The number of methoxy groups -OCH3 is 1. The standard InChI is InChI=1S/C18H18FNO4/c1-20(2)14-6-4-5-13(9-14)18(22)24-11-16(21)12-7-8-17(23-3)15(19)10-12/h4-10H,11H2,1-3H3. The molecular formula is C18H18FNO4. The van der Waals surface area contributed by atoms with Crippen molar-refractivity contribution >= 4 is 17.4 Å². The van der Waals surface area contributed by atoms with Crippen LogP contribution < -0.4 is 9.64 Å². The lowest BCUT2D eigenvalue weighted by Crippen LogP contribution is -2.15. The third-order valence-corrected chi connectivity index (χ3v) is 3.41. The fraction of sp³-hybridized carbons (Fsp3) is 0.222. The maximum atomic E-state index is 13.6. The molecule has 2 aromatic carbocycles. The van der Waals surface area contributed by atoms with Crippen molar-refractivity contribution in [2.75, 3.05) is 32.7 Å². The predicted octanol–water partition coefficient (Wildman–Crippen LogP) is 2.94. The topological polar surface area (TPSA) is 55.8 Å². The molecule has 0 saturated carbocycles. The minimum Gasteiger partial charge on any atom is -0.494 e. The van der Waals surface area contributed by atoms with E-state index in [4.69, 9.17) is 9.47 Å². The first-order chi connectivity index (χ1) is 11.4. The van der Waals surface area contributed by atoms with Gasteiger partial charge in [0, 0.05) is 25.3 Å². The minimum absolute atomic E-state index is 0.0454. The number of esters is 1. The summed E-state index contributed by atoms with van der Waals surface area (Å²) in [6.07, 6.45) is 0. The number of hydrogen-bond donors (Lipinski definition) is 0. The van der Waals surface area contributed by atoms with Crippen LogP contribution in [0, 0.1) is 5.82 Å². The molecule has 5 nitrogen and oxygen atoms in total. The van der Waals surface area contributed by atoms with E-state index < -0.39 is 24.2 Å². The molecule has 2 rings (SSSR count). The van der Waals surface area contributed by atoms with Gasteiger partial charge in [0.25, 0.3) is 0 Å². The molecule has 2 aromatic rings. The van der Waals surface area contributed by atoms with Crippen LogP contribution >= 0.6 is 0 Å². The zero-order chi connectivity index (χ0) is 17.7. The van der Waals surface area contributed by atoms with E-state index >= 15 is 0 Å². The number of benzene rings is 2. The lowest BCUT2D eigenvalue weighted by molar-refractivity contribution is 0.0474. The Kier molecular flexibility index (Phi) is 5.52. The Bertz CT molecular complexity index is 758. The van der Waals surface area contributed by atoms with Crippen LogP contribution in [0.2, 0.25) is 0 Å². The summed E-state index contributed by atoms with van der Waals surface area (Å²) < 4.78 is 23.4. The fourth-order valence-corrected chi connectivity index (χ4v) is 2.05. The Balaban J connectivity index is 2.02. The maximum Gasteiger partial charge on any atom is 0.338 e. The van der Waals surface area contributed by atoms with E-state index in [1.165, 1.54) is 19.2 Å². The molecule has 0 radical (unpaired) electrons. The monoisotopic (exact) mass is 331 g/mol. The molecule has 0 N–H and O–H groups in total. The molecule has 0 saturated heterocycles. The fourth-order valence-electron chi connectivity index (χ4n) is 2.05. The van der Waals surface area contributed by atoms with E-state index in [2.05, 4.69) is 0 Å². The van der Waals surface area contributed by atoms with Crippen molar-refractivity contribution in [3.63, 3.8) is 0 Å². The number of rotatable bonds is 6. The molecule has 0 bridgehead atoms. The van der Waals surface area contributed by atoms with Gasteiger partial charge in [0.1, 0.15) is 0 Å². The Hall–Kier alpha value is -2.89. The summed E-state index contributed by atoms with van der Waals surface area (Å²) in [5.74, 6) is -1.70. The molecule has 0 aliphatic rings. The first-order valence-corrected chi connectivity index (χ1v) is 7.23. The molecule has 0 aliphatic carbocycles. The molecule has 0 aliphatic heterocycles. The summed E-state index contributed by atoms with van der Waals surface area (Å²) in [5, 5.41) is 0. The number of ketones is 1. The Morgan fingerprint density at radius 1 is 1.08 bits per heavy atom. The number of carbonyl (C=O) groups is 2. The van der Waals surface area contributed by atoms with Crippen molar-refractivity contribution in [1.82, 2.24) is 0 Å². The van der Waals surface area contributed by atoms with Crippen molar-refractivity contribution in [3.8, 4) is 5.75 Å². The van der Waals surface area contributed by atoms with Gasteiger partial charge in [-0.1, -0.05) is 6.07 Å². The summed E-state index contributed by atoms with van der Waals surface area (Å²) in [7, 11) is 5.04. The van der Waals surface area contributed by atoms with Crippen LogP contribution in [0.25, 0.3) is 0 Å². The molecule has 0 atom stereocenters. The second-order valence-electron chi connectivity index (χ2n) is 5.29. The number of anilines is 1. The number of carbonyl (C=O) groups excluding carboxylic acids is 2. The Morgan fingerprint density at radius 3 is 2.46 bits per heavy atom. The van der Waals surface area contributed by atoms with Gasteiger partial charge < -0.3 is 14.4 Å². The van der Waals surface area contributed by atoms with Gasteiger partial charge in [-0.2, -0.15) is 0 Å². The van der Waals surface area contributed by atoms with E-state index in [1.54, 1.807) is 18.2 Å². The zero-order valence-electron chi connectivity index (χ0n) is 13.7. The number of halogens is 1. The highest BCUT2D eigenvalue weighted by molar-refractivity contribution is 5.99. The first-order valence-electron chi connectivity index (χ1n) is 7.23. The molecule has 0 heterocycles. The molecular weight excluding hydrogens is 313 g/mol. The quantitative estimate of drug-likeness (QED) is 0.602. The maximum absolute atomic E-state index is 13.6. The average molecular weight is 331 g/mol. The summed E-state index contributed by atoms with van der Waals surface area (Å²) in [5.41, 5.74) is 1.30. The van der Waals surface area contributed by atoms with Crippen LogP contribution in [0.5, 0.6) is 5.75 Å². The molecule has 0 unspecified atom stereocenters. The molecule has 0 fully saturated rings. The molecule has 0 amide bonds.